The predicted molar refractivity (Wildman–Crippen MR) is 68.9 cm³/mol. The number of imide groups is 1. The summed E-state index contributed by atoms with van der Waals surface area (Å²) in [4.78, 5) is 47.8. The maximum Gasteiger partial charge on any atom is 0.354 e. The Bertz CT molecular complexity index is 660. The summed E-state index contributed by atoms with van der Waals surface area (Å²) in [5.74, 6) is -2.21. The number of methoxy groups -OCH3 is 1. The van der Waals surface area contributed by atoms with Crippen molar-refractivity contribution in [3.8, 4) is 0 Å². The van der Waals surface area contributed by atoms with Crippen molar-refractivity contribution in [1.29, 1.82) is 0 Å². The van der Waals surface area contributed by atoms with Gasteiger partial charge >= 0.3 is 5.97 Å². The molecule has 1 heterocycles. The first-order chi connectivity index (χ1) is 9.92. The molecule has 8 heteroatoms. The topological polar surface area (TPSA) is 126 Å². The lowest BCUT2D eigenvalue weighted by Gasteiger charge is -2.27. The van der Waals surface area contributed by atoms with Gasteiger partial charge in [0.25, 0.3) is 0 Å². The maximum atomic E-state index is 11.9. The fraction of sp³-hybridized carbons (Fsp3) is 0.231. The number of hydrogen-bond acceptors (Lipinski definition) is 6. The second-order valence-corrected chi connectivity index (χ2v) is 4.42. The SMILES string of the molecule is COC(=O)c1cc2c([nH]1)C=CC(=O)C2(O)CC(=O)NC=O. The van der Waals surface area contributed by atoms with E-state index in [4.69, 9.17) is 0 Å². The molecule has 1 aromatic rings. The Hall–Kier alpha value is -2.74. The number of esters is 1. The molecule has 0 saturated heterocycles. The van der Waals surface area contributed by atoms with Gasteiger partial charge in [0, 0.05) is 11.3 Å². The first-order valence-electron chi connectivity index (χ1n) is 5.92. The van der Waals surface area contributed by atoms with Gasteiger partial charge in [-0.25, -0.2) is 4.79 Å². The highest BCUT2D eigenvalue weighted by Crippen LogP contribution is 2.34. The zero-order chi connectivity index (χ0) is 15.6. The zero-order valence-electron chi connectivity index (χ0n) is 11.0. The van der Waals surface area contributed by atoms with Crippen LogP contribution in [0, 0.1) is 0 Å². The molecule has 1 atom stereocenters. The summed E-state index contributed by atoms with van der Waals surface area (Å²) in [6.07, 6.45) is 2.00. The Labute approximate surface area is 118 Å². The lowest BCUT2D eigenvalue weighted by atomic mass is 9.82. The van der Waals surface area contributed by atoms with Crippen molar-refractivity contribution in [2.45, 2.75) is 12.0 Å². The second kappa shape index (κ2) is 5.33. The third kappa shape index (κ3) is 2.48. The van der Waals surface area contributed by atoms with Crippen molar-refractivity contribution >= 4 is 30.1 Å². The molecule has 1 aromatic heterocycles. The Morgan fingerprint density at radius 3 is 2.81 bits per heavy atom. The van der Waals surface area contributed by atoms with Gasteiger partial charge in [0.1, 0.15) is 5.69 Å². The molecule has 1 aliphatic carbocycles. The lowest BCUT2D eigenvalue weighted by molar-refractivity contribution is -0.141. The Morgan fingerprint density at radius 1 is 1.48 bits per heavy atom. The molecule has 3 N–H and O–H groups in total. The summed E-state index contributed by atoms with van der Waals surface area (Å²) >= 11 is 0. The van der Waals surface area contributed by atoms with Crippen LogP contribution in [0.15, 0.2) is 12.1 Å². The summed E-state index contributed by atoms with van der Waals surface area (Å²) in [5.41, 5.74) is -1.70. The molecule has 0 aromatic carbocycles. The smallest absolute Gasteiger partial charge is 0.354 e. The van der Waals surface area contributed by atoms with E-state index >= 15 is 0 Å². The molecule has 0 spiro atoms. The number of rotatable bonds is 4. The van der Waals surface area contributed by atoms with Crippen LogP contribution in [0.4, 0.5) is 0 Å². The first-order valence-corrected chi connectivity index (χ1v) is 5.92. The van der Waals surface area contributed by atoms with Gasteiger partial charge in [-0.2, -0.15) is 0 Å². The van der Waals surface area contributed by atoms with E-state index < -0.39 is 29.7 Å². The molecule has 8 nitrogen and oxygen atoms in total. The van der Waals surface area contributed by atoms with Crippen LogP contribution in [-0.4, -0.2) is 41.3 Å². The van der Waals surface area contributed by atoms with Gasteiger partial charge in [0.05, 0.1) is 13.5 Å². The van der Waals surface area contributed by atoms with E-state index in [0.29, 0.717) is 5.69 Å². The number of ketones is 1. The molecule has 1 aliphatic rings. The van der Waals surface area contributed by atoms with Crippen molar-refractivity contribution in [1.82, 2.24) is 10.3 Å². The van der Waals surface area contributed by atoms with Crippen LogP contribution in [0.5, 0.6) is 0 Å². The molecular weight excluding hydrogens is 280 g/mol. The third-order valence-electron chi connectivity index (χ3n) is 3.14. The number of amides is 2. The lowest BCUT2D eigenvalue weighted by Crippen LogP contribution is -2.41. The fourth-order valence-corrected chi connectivity index (χ4v) is 2.13. The van der Waals surface area contributed by atoms with Crippen LogP contribution in [0.1, 0.15) is 28.2 Å². The highest BCUT2D eigenvalue weighted by atomic mass is 16.5. The largest absolute Gasteiger partial charge is 0.464 e. The summed E-state index contributed by atoms with van der Waals surface area (Å²) in [6, 6.07) is 1.25. The molecule has 2 rings (SSSR count). The molecular formula is C13H12N2O6. The summed E-state index contributed by atoms with van der Waals surface area (Å²) < 4.78 is 4.54. The summed E-state index contributed by atoms with van der Waals surface area (Å²) in [5, 5.41) is 12.4. The normalized spacial score (nSPS) is 19.8. The van der Waals surface area contributed by atoms with Gasteiger partial charge in [-0.1, -0.05) is 0 Å². The number of hydrogen-bond donors (Lipinski definition) is 3. The van der Waals surface area contributed by atoms with Crippen molar-refractivity contribution in [3.05, 3.63) is 29.1 Å². The van der Waals surface area contributed by atoms with Gasteiger partial charge in [-0.05, 0) is 18.2 Å². The van der Waals surface area contributed by atoms with Gasteiger partial charge in [0.15, 0.2) is 11.4 Å². The third-order valence-corrected chi connectivity index (χ3v) is 3.14. The maximum absolute atomic E-state index is 11.9. The first kappa shape index (κ1) is 14.7. The molecule has 0 fully saturated rings. The van der Waals surface area contributed by atoms with E-state index in [0.717, 1.165) is 6.08 Å². The van der Waals surface area contributed by atoms with E-state index in [9.17, 15) is 24.3 Å². The highest BCUT2D eigenvalue weighted by molar-refractivity contribution is 6.06. The molecule has 0 aliphatic heterocycles. The average molecular weight is 292 g/mol. The molecule has 110 valence electrons. The molecule has 2 amide bonds. The molecule has 21 heavy (non-hydrogen) atoms. The molecule has 0 bridgehead atoms. The average Bonchev–Trinajstić information content (AvgIpc) is 2.88. The number of carbonyl (C=O) groups excluding carboxylic acids is 4. The molecule has 0 radical (unpaired) electrons. The minimum Gasteiger partial charge on any atom is -0.464 e. The van der Waals surface area contributed by atoms with Crippen molar-refractivity contribution < 1.29 is 29.0 Å². The number of nitrogens with one attached hydrogen (secondary N) is 2. The van der Waals surface area contributed by atoms with Crippen LogP contribution in [0.3, 0.4) is 0 Å². The van der Waals surface area contributed by atoms with E-state index in [-0.39, 0.29) is 17.7 Å². The van der Waals surface area contributed by atoms with E-state index in [1.165, 1.54) is 19.3 Å². The van der Waals surface area contributed by atoms with Gasteiger partial charge in [-0.15, -0.1) is 0 Å². The number of carbonyl (C=O) groups is 4. The van der Waals surface area contributed by atoms with Crippen LogP contribution < -0.4 is 5.32 Å². The molecule has 0 saturated carbocycles. The summed E-state index contributed by atoms with van der Waals surface area (Å²) in [6.45, 7) is 0. The number of ether oxygens (including phenoxy) is 1. The van der Waals surface area contributed by atoms with Crippen molar-refractivity contribution in [2.24, 2.45) is 0 Å². The standard InChI is InChI=1S/C13H12N2O6/c1-21-12(19)9-4-7-8(15-9)2-3-10(17)13(7,20)5-11(18)14-6-16/h2-4,6,15,20H,5H2,1H3,(H,14,16,18). The predicted octanol–water partition coefficient (Wildman–Crippen LogP) is -0.753. The minimum atomic E-state index is -2.14. The number of aromatic nitrogens is 1. The van der Waals surface area contributed by atoms with Gasteiger partial charge in [0.2, 0.25) is 12.3 Å². The molecule has 1 unspecified atom stereocenters. The number of aromatic amines is 1. The highest BCUT2D eigenvalue weighted by Gasteiger charge is 2.43. The van der Waals surface area contributed by atoms with Crippen LogP contribution in [0.25, 0.3) is 6.08 Å². The van der Waals surface area contributed by atoms with Crippen molar-refractivity contribution in [2.75, 3.05) is 7.11 Å². The number of H-pyrrole nitrogens is 1. The monoisotopic (exact) mass is 292 g/mol. The summed E-state index contributed by atoms with van der Waals surface area (Å²) in [7, 11) is 1.19. The van der Waals surface area contributed by atoms with E-state index in [1.54, 1.807) is 0 Å². The van der Waals surface area contributed by atoms with Gasteiger partial charge < -0.3 is 14.8 Å². The fourth-order valence-electron chi connectivity index (χ4n) is 2.13. The van der Waals surface area contributed by atoms with Crippen LogP contribution in [0.2, 0.25) is 0 Å². The van der Waals surface area contributed by atoms with E-state index in [2.05, 4.69) is 9.72 Å². The minimum absolute atomic E-state index is 0.0380. The van der Waals surface area contributed by atoms with E-state index in [1.807, 2.05) is 5.32 Å². The Morgan fingerprint density at radius 2 is 2.19 bits per heavy atom. The second-order valence-electron chi connectivity index (χ2n) is 4.42. The Kier molecular flexibility index (Phi) is 3.72. The van der Waals surface area contributed by atoms with Gasteiger partial charge in [-0.3, -0.25) is 19.7 Å². The number of fused-ring (bicyclic) bond motifs is 1. The van der Waals surface area contributed by atoms with Crippen molar-refractivity contribution in [3.63, 3.8) is 0 Å². The number of aliphatic hydroxyl groups is 1. The van der Waals surface area contributed by atoms with Crippen LogP contribution in [-0.2, 0) is 24.7 Å². The Balaban J connectivity index is 2.44. The zero-order valence-corrected chi connectivity index (χ0v) is 11.0. The quantitative estimate of drug-likeness (QED) is 0.495. The van der Waals surface area contributed by atoms with Crippen LogP contribution >= 0.6 is 0 Å².